The Morgan fingerprint density at radius 2 is 1.80 bits per heavy atom. The van der Waals surface area contributed by atoms with Gasteiger partial charge in [0.15, 0.2) is 0 Å². The van der Waals surface area contributed by atoms with E-state index in [1.165, 1.54) is 0 Å². The second-order valence-corrected chi connectivity index (χ2v) is 7.17. The highest BCUT2D eigenvalue weighted by atomic mass is 35.5. The van der Waals surface area contributed by atoms with Gasteiger partial charge in [-0.25, -0.2) is 0 Å². The Kier molecular flexibility index (Phi) is 5.97. The van der Waals surface area contributed by atoms with Gasteiger partial charge in [-0.05, 0) is 49.7 Å². The second kappa shape index (κ2) is 8.19. The molecule has 3 rings (SSSR count). The summed E-state index contributed by atoms with van der Waals surface area (Å²) in [4.78, 5) is 2.11. The number of benzene rings is 2. The SMILES string of the molecule is CN(Cc1ccc(Cl)cc1)[C@@H]1[C@@H](O)[C@H](Oc2ccccc2)CC[C@H]1N. The fourth-order valence-electron chi connectivity index (χ4n) is 3.54. The fraction of sp³-hybridized carbons (Fsp3) is 0.400. The molecule has 1 aliphatic rings. The number of aliphatic hydroxyl groups excluding tert-OH is 1. The first-order chi connectivity index (χ1) is 12.0. The molecule has 3 N–H and O–H groups in total. The van der Waals surface area contributed by atoms with Gasteiger partial charge in [0.2, 0.25) is 0 Å². The summed E-state index contributed by atoms with van der Waals surface area (Å²) in [6, 6.07) is 17.1. The molecule has 4 nitrogen and oxygen atoms in total. The van der Waals surface area contributed by atoms with E-state index in [0.717, 1.165) is 29.2 Å². The molecule has 134 valence electrons. The van der Waals surface area contributed by atoms with Crippen molar-refractivity contribution >= 4 is 11.6 Å². The average Bonchev–Trinajstić information content (AvgIpc) is 2.60. The van der Waals surface area contributed by atoms with Crippen molar-refractivity contribution in [3.05, 3.63) is 65.2 Å². The second-order valence-electron chi connectivity index (χ2n) is 6.73. The van der Waals surface area contributed by atoms with Gasteiger partial charge in [-0.1, -0.05) is 41.9 Å². The van der Waals surface area contributed by atoms with Crippen LogP contribution < -0.4 is 10.5 Å². The molecule has 0 aromatic heterocycles. The number of hydrogen-bond acceptors (Lipinski definition) is 4. The van der Waals surface area contributed by atoms with Crippen molar-refractivity contribution in [2.45, 2.75) is 43.7 Å². The standard InChI is InChI=1S/C20H25ClN2O2/c1-23(13-14-7-9-15(21)10-8-14)19-17(22)11-12-18(20(19)24)25-16-5-3-2-4-6-16/h2-10,17-20,24H,11-13,22H2,1H3/t17-,18-,19+,20+/m1/s1. The van der Waals surface area contributed by atoms with E-state index < -0.39 is 6.10 Å². The molecule has 1 fully saturated rings. The minimum absolute atomic E-state index is 0.0806. The Morgan fingerprint density at radius 3 is 2.48 bits per heavy atom. The van der Waals surface area contributed by atoms with Crippen molar-refractivity contribution in [3.8, 4) is 5.75 Å². The number of nitrogens with zero attached hydrogens (tertiary/aromatic N) is 1. The van der Waals surface area contributed by atoms with Crippen molar-refractivity contribution in [1.82, 2.24) is 4.90 Å². The molecule has 25 heavy (non-hydrogen) atoms. The first-order valence-corrected chi connectivity index (χ1v) is 9.02. The number of hydrogen-bond donors (Lipinski definition) is 2. The quantitative estimate of drug-likeness (QED) is 0.860. The third-order valence-electron chi connectivity index (χ3n) is 4.84. The molecule has 5 heteroatoms. The summed E-state index contributed by atoms with van der Waals surface area (Å²) in [5.41, 5.74) is 7.46. The van der Waals surface area contributed by atoms with Crippen LogP contribution in [0.15, 0.2) is 54.6 Å². The number of nitrogens with two attached hydrogens (primary N) is 1. The zero-order valence-corrected chi connectivity index (χ0v) is 15.1. The Balaban J connectivity index is 1.68. The maximum atomic E-state index is 10.9. The predicted molar refractivity (Wildman–Crippen MR) is 101 cm³/mol. The number of aliphatic hydroxyl groups is 1. The van der Waals surface area contributed by atoms with E-state index in [1.54, 1.807) is 0 Å². The first-order valence-electron chi connectivity index (χ1n) is 8.64. The average molecular weight is 361 g/mol. The summed E-state index contributed by atoms with van der Waals surface area (Å²) in [7, 11) is 1.99. The highest BCUT2D eigenvalue weighted by Gasteiger charge is 2.40. The van der Waals surface area contributed by atoms with Crippen molar-refractivity contribution < 1.29 is 9.84 Å². The number of rotatable bonds is 5. The van der Waals surface area contributed by atoms with E-state index in [-0.39, 0.29) is 18.2 Å². The van der Waals surface area contributed by atoms with Crippen LogP contribution in [0.2, 0.25) is 5.02 Å². The molecule has 0 radical (unpaired) electrons. The van der Waals surface area contributed by atoms with Crippen LogP contribution in [0.4, 0.5) is 0 Å². The maximum absolute atomic E-state index is 10.9. The lowest BCUT2D eigenvalue weighted by Crippen LogP contribution is -2.60. The topological polar surface area (TPSA) is 58.7 Å². The Hall–Kier alpha value is -1.59. The summed E-state index contributed by atoms with van der Waals surface area (Å²) in [6.07, 6.45) is 0.688. The van der Waals surface area contributed by atoms with E-state index in [9.17, 15) is 5.11 Å². The van der Waals surface area contributed by atoms with Gasteiger partial charge in [0.1, 0.15) is 18.0 Å². The Bertz CT molecular complexity index is 665. The molecule has 1 saturated carbocycles. The molecule has 2 aromatic rings. The normalized spacial score (nSPS) is 26.6. The van der Waals surface area contributed by atoms with Crippen molar-refractivity contribution in [2.75, 3.05) is 7.05 Å². The van der Waals surface area contributed by atoms with Gasteiger partial charge in [-0.15, -0.1) is 0 Å². The molecule has 0 unspecified atom stereocenters. The Labute approximate surface area is 154 Å². The zero-order valence-electron chi connectivity index (χ0n) is 14.4. The van der Waals surface area contributed by atoms with E-state index >= 15 is 0 Å². The van der Waals surface area contributed by atoms with Crippen molar-refractivity contribution in [2.24, 2.45) is 5.73 Å². The third kappa shape index (κ3) is 4.53. The van der Waals surface area contributed by atoms with Gasteiger partial charge >= 0.3 is 0 Å². The first kappa shape index (κ1) is 18.2. The van der Waals surface area contributed by atoms with Gasteiger partial charge in [-0.3, -0.25) is 4.90 Å². The number of para-hydroxylation sites is 1. The monoisotopic (exact) mass is 360 g/mol. The van der Waals surface area contributed by atoms with Gasteiger partial charge in [-0.2, -0.15) is 0 Å². The molecule has 0 heterocycles. The largest absolute Gasteiger partial charge is 0.488 e. The van der Waals surface area contributed by atoms with Crippen LogP contribution in [0.5, 0.6) is 5.75 Å². The minimum Gasteiger partial charge on any atom is -0.488 e. The highest BCUT2D eigenvalue weighted by Crippen LogP contribution is 2.27. The Morgan fingerprint density at radius 1 is 1.12 bits per heavy atom. The summed E-state index contributed by atoms with van der Waals surface area (Å²) >= 11 is 5.95. The minimum atomic E-state index is -0.638. The van der Waals surface area contributed by atoms with Gasteiger partial charge in [0, 0.05) is 17.6 Å². The maximum Gasteiger partial charge on any atom is 0.126 e. The molecule has 1 aliphatic carbocycles. The van der Waals surface area contributed by atoms with Gasteiger partial charge < -0.3 is 15.6 Å². The number of halogens is 1. The lowest BCUT2D eigenvalue weighted by molar-refractivity contribution is -0.0569. The fourth-order valence-corrected chi connectivity index (χ4v) is 3.67. The molecule has 0 spiro atoms. The van der Waals surface area contributed by atoms with Crippen molar-refractivity contribution in [3.63, 3.8) is 0 Å². The molecule has 0 bridgehead atoms. The lowest BCUT2D eigenvalue weighted by atomic mass is 9.85. The molecular formula is C20H25ClN2O2. The van der Waals surface area contributed by atoms with Crippen LogP contribution in [-0.2, 0) is 6.54 Å². The number of ether oxygens (including phenoxy) is 1. The van der Waals surface area contributed by atoms with Crippen molar-refractivity contribution in [1.29, 1.82) is 0 Å². The van der Waals surface area contributed by atoms with Crippen LogP contribution in [-0.4, -0.2) is 41.3 Å². The molecule has 0 amide bonds. The lowest BCUT2D eigenvalue weighted by Gasteiger charge is -2.43. The highest BCUT2D eigenvalue weighted by molar-refractivity contribution is 6.30. The van der Waals surface area contributed by atoms with E-state index in [4.69, 9.17) is 22.1 Å². The molecule has 0 aliphatic heterocycles. The van der Waals surface area contributed by atoms with Gasteiger partial charge in [0.25, 0.3) is 0 Å². The van der Waals surface area contributed by atoms with Crippen LogP contribution in [0, 0.1) is 0 Å². The predicted octanol–water partition coefficient (Wildman–Crippen LogP) is 3.07. The van der Waals surface area contributed by atoms with E-state index in [1.807, 2.05) is 61.6 Å². The summed E-state index contributed by atoms with van der Waals surface area (Å²) in [5.74, 6) is 0.779. The molecule has 2 aromatic carbocycles. The summed E-state index contributed by atoms with van der Waals surface area (Å²) in [6.45, 7) is 0.699. The van der Waals surface area contributed by atoms with Crippen LogP contribution in [0.25, 0.3) is 0 Å². The van der Waals surface area contributed by atoms with E-state index in [2.05, 4.69) is 4.90 Å². The zero-order chi connectivity index (χ0) is 17.8. The van der Waals surface area contributed by atoms with Crippen LogP contribution in [0.3, 0.4) is 0 Å². The number of likely N-dealkylation sites (N-methyl/N-ethyl adjacent to an activating group) is 1. The molecule has 4 atom stereocenters. The molecular weight excluding hydrogens is 336 g/mol. The van der Waals surface area contributed by atoms with Crippen LogP contribution in [0.1, 0.15) is 18.4 Å². The van der Waals surface area contributed by atoms with Gasteiger partial charge in [0.05, 0.1) is 6.04 Å². The smallest absolute Gasteiger partial charge is 0.126 e. The molecule has 0 saturated heterocycles. The summed E-state index contributed by atoms with van der Waals surface area (Å²) in [5, 5.41) is 11.6. The summed E-state index contributed by atoms with van der Waals surface area (Å²) < 4.78 is 6.01. The third-order valence-corrected chi connectivity index (χ3v) is 5.09. The van der Waals surface area contributed by atoms with Crippen LogP contribution >= 0.6 is 11.6 Å². The van der Waals surface area contributed by atoms with E-state index in [0.29, 0.717) is 6.54 Å².